The number of amides is 2. The highest BCUT2D eigenvalue weighted by molar-refractivity contribution is 5.99. The van der Waals surface area contributed by atoms with Crippen LogP contribution in [0.15, 0.2) is 18.2 Å². The predicted molar refractivity (Wildman–Crippen MR) is 119 cm³/mol. The number of fused-ring (bicyclic) bond motifs is 1. The maximum absolute atomic E-state index is 14.1. The van der Waals surface area contributed by atoms with Crippen molar-refractivity contribution < 1.29 is 14.0 Å². The van der Waals surface area contributed by atoms with Crippen LogP contribution in [0.2, 0.25) is 0 Å². The number of aromatic amines is 1. The fourth-order valence-electron chi connectivity index (χ4n) is 5.25. The summed E-state index contributed by atoms with van der Waals surface area (Å²) >= 11 is 0. The Kier molecular flexibility index (Phi) is 6.32. The second kappa shape index (κ2) is 8.99. The quantitative estimate of drug-likeness (QED) is 0.784. The van der Waals surface area contributed by atoms with E-state index in [1.54, 1.807) is 19.1 Å². The summed E-state index contributed by atoms with van der Waals surface area (Å²) in [6.45, 7) is 9.23. The van der Waals surface area contributed by atoms with E-state index in [1.165, 1.54) is 6.07 Å². The number of hydrogen-bond acceptors (Lipinski definition) is 3. The molecule has 0 radical (unpaired) electrons. The van der Waals surface area contributed by atoms with Crippen LogP contribution in [0.3, 0.4) is 0 Å². The van der Waals surface area contributed by atoms with Crippen LogP contribution in [-0.2, 0) is 4.79 Å². The number of halogens is 1. The van der Waals surface area contributed by atoms with E-state index in [-0.39, 0.29) is 23.7 Å². The maximum Gasteiger partial charge on any atom is 0.267 e. The average molecular weight is 429 g/mol. The number of nitrogens with one attached hydrogen (secondary N) is 2. The van der Waals surface area contributed by atoms with Gasteiger partial charge in [0.2, 0.25) is 5.91 Å². The van der Waals surface area contributed by atoms with Crippen molar-refractivity contribution in [3.8, 4) is 0 Å². The van der Waals surface area contributed by atoms with Gasteiger partial charge in [0.15, 0.2) is 0 Å². The first-order valence-electron chi connectivity index (χ1n) is 11.4. The Morgan fingerprint density at radius 1 is 1.19 bits per heavy atom. The highest BCUT2D eigenvalue weighted by Crippen LogP contribution is 2.30. The van der Waals surface area contributed by atoms with Gasteiger partial charge in [0.1, 0.15) is 11.5 Å². The number of nitrogens with zero attached hydrogens (tertiary/aromatic N) is 2. The van der Waals surface area contributed by atoms with Gasteiger partial charge < -0.3 is 15.2 Å². The Morgan fingerprint density at radius 2 is 1.94 bits per heavy atom. The van der Waals surface area contributed by atoms with E-state index in [9.17, 15) is 14.0 Å². The molecule has 1 aliphatic heterocycles. The number of benzene rings is 1. The molecule has 31 heavy (non-hydrogen) atoms. The van der Waals surface area contributed by atoms with Gasteiger partial charge in [-0.15, -0.1) is 0 Å². The van der Waals surface area contributed by atoms with E-state index in [4.69, 9.17) is 0 Å². The molecule has 1 aromatic carbocycles. The fourth-order valence-corrected chi connectivity index (χ4v) is 5.25. The summed E-state index contributed by atoms with van der Waals surface area (Å²) in [5.74, 6) is 0.195. The zero-order valence-electron chi connectivity index (χ0n) is 18.7. The van der Waals surface area contributed by atoms with Gasteiger partial charge in [-0.3, -0.25) is 14.5 Å². The maximum atomic E-state index is 14.1. The molecule has 2 aromatic rings. The molecule has 1 aliphatic carbocycles. The van der Waals surface area contributed by atoms with Crippen LogP contribution in [0, 0.1) is 18.7 Å². The molecule has 3 atom stereocenters. The minimum Gasteiger partial charge on any atom is -0.350 e. The van der Waals surface area contributed by atoms with E-state index < -0.39 is 0 Å². The Balaban J connectivity index is 1.37. The Morgan fingerprint density at radius 3 is 2.61 bits per heavy atom. The monoisotopic (exact) mass is 428 g/mol. The summed E-state index contributed by atoms with van der Waals surface area (Å²) in [5, 5.41) is 3.64. The van der Waals surface area contributed by atoms with Crippen molar-refractivity contribution in [1.29, 1.82) is 0 Å². The second-order valence-electron chi connectivity index (χ2n) is 9.22. The van der Waals surface area contributed by atoms with Crippen LogP contribution in [0.25, 0.3) is 10.9 Å². The van der Waals surface area contributed by atoms with E-state index in [1.807, 2.05) is 11.8 Å². The smallest absolute Gasteiger partial charge is 0.267 e. The molecule has 1 aromatic heterocycles. The number of H-pyrrole nitrogens is 1. The van der Waals surface area contributed by atoms with Gasteiger partial charge in [-0.1, -0.05) is 12.5 Å². The third kappa shape index (κ3) is 4.61. The zero-order chi connectivity index (χ0) is 22.1. The van der Waals surface area contributed by atoms with Crippen molar-refractivity contribution in [1.82, 2.24) is 20.1 Å². The molecule has 2 fully saturated rings. The molecule has 1 saturated heterocycles. The highest BCUT2D eigenvalue weighted by atomic mass is 19.1. The molecule has 4 rings (SSSR count). The fraction of sp³-hybridized carbons (Fsp3) is 0.583. The van der Waals surface area contributed by atoms with E-state index in [0.29, 0.717) is 28.6 Å². The van der Waals surface area contributed by atoms with Gasteiger partial charge in [0.25, 0.3) is 5.91 Å². The predicted octanol–water partition coefficient (Wildman–Crippen LogP) is 3.46. The lowest BCUT2D eigenvalue weighted by Gasteiger charge is -2.43. The summed E-state index contributed by atoms with van der Waals surface area (Å²) in [6.07, 6.45) is 4.18. The van der Waals surface area contributed by atoms with Gasteiger partial charge in [0.05, 0.1) is 5.52 Å². The number of aromatic nitrogens is 1. The van der Waals surface area contributed by atoms with E-state index in [0.717, 1.165) is 57.4 Å². The third-order valence-electron chi connectivity index (χ3n) is 7.26. The van der Waals surface area contributed by atoms with E-state index >= 15 is 0 Å². The average Bonchev–Trinajstić information content (AvgIpc) is 3.23. The number of rotatable bonds is 4. The first-order chi connectivity index (χ1) is 14.8. The number of hydrogen-bond donors (Lipinski definition) is 2. The minimum atomic E-state index is -0.313. The summed E-state index contributed by atoms with van der Waals surface area (Å²) < 4.78 is 14.1. The van der Waals surface area contributed by atoms with Crippen molar-refractivity contribution in [2.45, 2.75) is 58.5 Å². The van der Waals surface area contributed by atoms with Crippen LogP contribution in [0.1, 0.15) is 55.6 Å². The second-order valence-corrected chi connectivity index (χ2v) is 9.22. The molecule has 1 unspecified atom stereocenters. The lowest BCUT2D eigenvalue weighted by atomic mass is 9.81. The molecule has 0 bridgehead atoms. The SMILES string of the molecule is CC(=O)N1CCN(C(C)[C@H]2CCC[C@@H](NC(=O)c3cc4c(F)ccc(C)c4[nH]3)C2)CC1. The van der Waals surface area contributed by atoms with Crippen molar-refractivity contribution in [2.24, 2.45) is 5.92 Å². The number of carbonyl (C=O) groups excluding carboxylic acids is 2. The molecule has 2 amide bonds. The van der Waals surface area contributed by atoms with Crippen LogP contribution < -0.4 is 5.32 Å². The van der Waals surface area contributed by atoms with Gasteiger partial charge in [-0.2, -0.15) is 0 Å². The highest BCUT2D eigenvalue weighted by Gasteiger charge is 2.32. The molecule has 2 heterocycles. The Bertz CT molecular complexity index is 925. The standard InChI is InChI=1S/C24H33FN4O2/c1-15-7-8-21(25)20-14-22(27-23(15)20)24(31)26-19-6-4-5-18(13-19)16(2)28-9-11-29(12-10-28)17(3)30/h7-8,14,16,18-19,27H,4-6,9-13H2,1-3H3,(H,26,31)/t16?,18-,19+/m0/s1. The zero-order valence-corrected chi connectivity index (χ0v) is 18.7. The molecule has 2 N–H and O–H groups in total. The molecule has 7 heteroatoms. The molecular formula is C24H33FN4O2. The summed E-state index contributed by atoms with van der Waals surface area (Å²) in [7, 11) is 0. The van der Waals surface area contributed by atoms with Crippen molar-refractivity contribution in [2.75, 3.05) is 26.2 Å². The Labute approximate surface area is 183 Å². The van der Waals surface area contributed by atoms with Crippen LogP contribution in [0.5, 0.6) is 0 Å². The lowest BCUT2D eigenvalue weighted by Crippen LogP contribution is -2.53. The van der Waals surface area contributed by atoms with Gasteiger partial charge >= 0.3 is 0 Å². The first kappa shape index (κ1) is 21.8. The van der Waals surface area contributed by atoms with Crippen LogP contribution in [-0.4, -0.2) is 64.9 Å². The normalized spacial score (nSPS) is 23.7. The molecule has 168 valence electrons. The lowest BCUT2D eigenvalue weighted by molar-refractivity contribution is -0.131. The molecule has 6 nitrogen and oxygen atoms in total. The van der Waals surface area contributed by atoms with Gasteiger partial charge in [-0.25, -0.2) is 4.39 Å². The van der Waals surface area contributed by atoms with E-state index in [2.05, 4.69) is 22.1 Å². The topological polar surface area (TPSA) is 68.4 Å². The van der Waals surface area contributed by atoms with Crippen LogP contribution >= 0.6 is 0 Å². The summed E-state index contributed by atoms with van der Waals surface area (Å²) in [6, 6.07) is 5.34. The number of piperazine rings is 1. The minimum absolute atomic E-state index is 0.129. The van der Waals surface area contributed by atoms with Crippen LogP contribution in [0.4, 0.5) is 4.39 Å². The van der Waals surface area contributed by atoms with Gasteiger partial charge in [0, 0.05) is 50.6 Å². The van der Waals surface area contributed by atoms with Gasteiger partial charge in [-0.05, 0) is 56.7 Å². The van der Waals surface area contributed by atoms with Crippen molar-refractivity contribution in [3.05, 3.63) is 35.3 Å². The third-order valence-corrected chi connectivity index (χ3v) is 7.26. The van der Waals surface area contributed by atoms with Crippen molar-refractivity contribution in [3.63, 3.8) is 0 Å². The molecule has 1 saturated carbocycles. The molecular weight excluding hydrogens is 395 g/mol. The number of aryl methyl sites for hydroxylation is 1. The number of carbonyl (C=O) groups is 2. The van der Waals surface area contributed by atoms with Crippen molar-refractivity contribution >= 4 is 22.7 Å². The summed E-state index contributed by atoms with van der Waals surface area (Å²) in [5.41, 5.74) is 2.02. The Hall–Kier alpha value is -2.41. The molecule has 2 aliphatic rings. The summed E-state index contributed by atoms with van der Waals surface area (Å²) in [4.78, 5) is 31.9. The largest absolute Gasteiger partial charge is 0.350 e. The molecule has 0 spiro atoms. The first-order valence-corrected chi connectivity index (χ1v) is 11.4.